The number of para-hydroxylation sites is 2. The lowest BCUT2D eigenvalue weighted by Crippen LogP contribution is -2.48. The lowest BCUT2D eigenvalue weighted by atomic mass is 10.1. The van der Waals surface area contributed by atoms with Crippen LogP contribution in [-0.2, 0) is 13.1 Å². The number of nitrogens with one attached hydrogen (secondary N) is 1. The van der Waals surface area contributed by atoms with Crippen LogP contribution in [0.15, 0.2) is 64.2 Å². The third kappa shape index (κ3) is 4.11. The Balaban J connectivity index is 1.61. The molecule has 0 saturated carbocycles. The molecule has 1 aliphatic heterocycles. The van der Waals surface area contributed by atoms with E-state index in [-0.39, 0.29) is 19.1 Å². The van der Waals surface area contributed by atoms with E-state index in [0.29, 0.717) is 35.9 Å². The second kappa shape index (κ2) is 9.00. The fourth-order valence-corrected chi connectivity index (χ4v) is 4.55. The summed E-state index contributed by atoms with van der Waals surface area (Å²) in [6.07, 6.45) is 1.79. The molecule has 1 saturated heterocycles. The molecule has 1 aliphatic rings. The molecule has 9 heteroatoms. The number of hydrogen-bond acceptors (Lipinski definition) is 6. The number of rotatable bonds is 5. The molecule has 0 bridgehead atoms. The quantitative estimate of drug-likeness (QED) is 0.473. The first-order valence-corrected chi connectivity index (χ1v) is 11.3. The van der Waals surface area contributed by atoms with Crippen LogP contribution in [0.5, 0.6) is 0 Å². The molecule has 34 heavy (non-hydrogen) atoms. The van der Waals surface area contributed by atoms with E-state index in [1.165, 1.54) is 10.6 Å². The zero-order valence-electron chi connectivity index (χ0n) is 18.6. The summed E-state index contributed by atoms with van der Waals surface area (Å²) in [5.74, 6) is 1.05. The van der Waals surface area contributed by atoms with E-state index in [0.717, 1.165) is 23.9 Å². The number of piperidine rings is 1. The summed E-state index contributed by atoms with van der Waals surface area (Å²) >= 11 is 0. The zero-order chi connectivity index (χ0) is 23.7. The highest BCUT2D eigenvalue weighted by Crippen LogP contribution is 2.19. The molecule has 3 N–H and O–H groups in total. The molecule has 5 rings (SSSR count). The number of nitrogens with two attached hydrogens (primary N) is 1. The Labute approximate surface area is 195 Å². The molecule has 0 radical (unpaired) electrons. The smallest absolute Gasteiger partial charge is 0.333 e. The van der Waals surface area contributed by atoms with Crippen LogP contribution in [-0.4, -0.2) is 38.2 Å². The Hall–Kier alpha value is -4.16. The number of anilines is 1. The van der Waals surface area contributed by atoms with Gasteiger partial charge in [0.15, 0.2) is 0 Å². The summed E-state index contributed by atoms with van der Waals surface area (Å²) < 4.78 is 2.75. The van der Waals surface area contributed by atoms with Gasteiger partial charge in [-0.3, -0.25) is 13.9 Å². The van der Waals surface area contributed by atoms with Crippen molar-refractivity contribution in [3.05, 3.63) is 92.4 Å². The molecule has 0 unspecified atom stereocenters. The summed E-state index contributed by atoms with van der Waals surface area (Å²) in [4.78, 5) is 36.5. The summed E-state index contributed by atoms with van der Waals surface area (Å²) in [5.41, 5.74) is 8.15. The maximum atomic E-state index is 13.7. The van der Waals surface area contributed by atoms with Crippen molar-refractivity contribution in [2.24, 2.45) is 5.73 Å². The Morgan fingerprint density at radius 3 is 2.68 bits per heavy atom. The lowest BCUT2D eigenvalue weighted by Gasteiger charge is -2.34. The number of H-pyrrole nitrogens is 1. The first kappa shape index (κ1) is 21.7. The predicted octanol–water partition coefficient (Wildman–Crippen LogP) is 1.78. The van der Waals surface area contributed by atoms with Gasteiger partial charge in [-0.1, -0.05) is 30.3 Å². The highest BCUT2D eigenvalue weighted by Gasteiger charge is 2.23. The topological polar surface area (TPSA) is 126 Å². The van der Waals surface area contributed by atoms with Gasteiger partial charge in [-0.2, -0.15) is 5.26 Å². The Bertz CT molecular complexity index is 1480. The summed E-state index contributed by atoms with van der Waals surface area (Å²) in [5, 5.41) is 9.55. The minimum absolute atomic E-state index is 0.0199. The number of nitriles is 1. The van der Waals surface area contributed by atoms with Crippen LogP contribution in [0.4, 0.5) is 5.82 Å². The average molecular weight is 456 g/mol. The first-order valence-electron chi connectivity index (χ1n) is 11.3. The standard InChI is InChI=1S/C25H25N7O2/c26-13-17-6-1-2-7-18(17)14-31-23(30-11-5-8-19(27)15-30)12-24(33)32(25(31)34)16-22-28-20-9-3-4-10-21(20)29-22/h1-4,6-7,9-10,12,19H,5,8,11,14-16,27H2,(H,28,29)/t19-/m1/s1. The molecule has 4 aromatic rings. The monoisotopic (exact) mass is 455 g/mol. The summed E-state index contributed by atoms with van der Waals surface area (Å²) in [6, 6.07) is 18.4. The van der Waals surface area contributed by atoms with Gasteiger partial charge in [-0.05, 0) is 36.6 Å². The van der Waals surface area contributed by atoms with Crippen molar-refractivity contribution in [1.29, 1.82) is 5.26 Å². The molecule has 0 amide bonds. The second-order valence-corrected chi connectivity index (χ2v) is 8.61. The van der Waals surface area contributed by atoms with Crippen molar-refractivity contribution in [2.45, 2.75) is 32.0 Å². The number of aromatic amines is 1. The Morgan fingerprint density at radius 1 is 1.09 bits per heavy atom. The number of fused-ring (bicyclic) bond motifs is 1. The minimum atomic E-state index is -0.449. The van der Waals surface area contributed by atoms with Gasteiger partial charge in [0.25, 0.3) is 5.56 Å². The number of benzene rings is 2. The first-order chi connectivity index (χ1) is 16.5. The zero-order valence-corrected chi connectivity index (χ0v) is 18.6. The number of imidazole rings is 1. The van der Waals surface area contributed by atoms with Gasteiger partial charge in [0, 0.05) is 25.2 Å². The molecular weight excluding hydrogens is 430 g/mol. The normalized spacial score (nSPS) is 16.0. The third-order valence-corrected chi connectivity index (χ3v) is 6.25. The highest BCUT2D eigenvalue weighted by molar-refractivity contribution is 5.74. The van der Waals surface area contributed by atoms with Crippen LogP contribution in [0, 0.1) is 11.3 Å². The number of hydrogen-bond donors (Lipinski definition) is 2. The number of nitrogens with zero attached hydrogens (tertiary/aromatic N) is 5. The largest absolute Gasteiger partial charge is 0.356 e. The van der Waals surface area contributed by atoms with Crippen molar-refractivity contribution >= 4 is 16.9 Å². The molecule has 1 fully saturated rings. The summed E-state index contributed by atoms with van der Waals surface area (Å²) in [6.45, 7) is 1.46. The molecule has 3 heterocycles. The van der Waals surface area contributed by atoms with Gasteiger partial charge in [0.05, 0.1) is 35.8 Å². The second-order valence-electron chi connectivity index (χ2n) is 8.61. The van der Waals surface area contributed by atoms with Crippen LogP contribution in [0.25, 0.3) is 11.0 Å². The van der Waals surface area contributed by atoms with Gasteiger partial charge in [0.2, 0.25) is 0 Å². The summed E-state index contributed by atoms with van der Waals surface area (Å²) in [7, 11) is 0. The minimum Gasteiger partial charge on any atom is -0.356 e. The SMILES string of the molecule is N#Cc1ccccc1Cn1c(N2CCC[C@@H](N)C2)cc(=O)n(Cc2nc3ccccc3[nH]2)c1=O. The fraction of sp³-hybridized carbons (Fsp3) is 0.280. The van der Waals surface area contributed by atoms with Crippen molar-refractivity contribution in [3.63, 3.8) is 0 Å². The van der Waals surface area contributed by atoms with Gasteiger partial charge < -0.3 is 15.6 Å². The molecule has 0 spiro atoms. The Kier molecular flexibility index (Phi) is 5.74. The van der Waals surface area contributed by atoms with E-state index < -0.39 is 11.2 Å². The van der Waals surface area contributed by atoms with E-state index >= 15 is 0 Å². The van der Waals surface area contributed by atoms with E-state index in [9.17, 15) is 14.9 Å². The molecule has 1 atom stereocenters. The predicted molar refractivity (Wildman–Crippen MR) is 130 cm³/mol. The van der Waals surface area contributed by atoms with Crippen molar-refractivity contribution in [3.8, 4) is 6.07 Å². The van der Waals surface area contributed by atoms with Gasteiger partial charge in [-0.15, -0.1) is 0 Å². The van der Waals surface area contributed by atoms with Crippen LogP contribution >= 0.6 is 0 Å². The van der Waals surface area contributed by atoms with E-state index in [1.807, 2.05) is 41.3 Å². The van der Waals surface area contributed by atoms with Gasteiger partial charge in [0.1, 0.15) is 11.6 Å². The van der Waals surface area contributed by atoms with Crippen LogP contribution in [0.2, 0.25) is 0 Å². The third-order valence-electron chi connectivity index (χ3n) is 6.25. The van der Waals surface area contributed by atoms with Crippen molar-refractivity contribution in [2.75, 3.05) is 18.0 Å². The van der Waals surface area contributed by atoms with Gasteiger partial charge >= 0.3 is 5.69 Å². The van der Waals surface area contributed by atoms with Crippen LogP contribution in [0.3, 0.4) is 0 Å². The number of aromatic nitrogens is 4. The van der Waals surface area contributed by atoms with Crippen molar-refractivity contribution in [1.82, 2.24) is 19.1 Å². The molecule has 2 aromatic heterocycles. The molecular formula is C25H25N7O2. The molecule has 9 nitrogen and oxygen atoms in total. The van der Waals surface area contributed by atoms with Crippen molar-refractivity contribution < 1.29 is 0 Å². The fourth-order valence-electron chi connectivity index (χ4n) is 4.55. The maximum Gasteiger partial charge on any atom is 0.333 e. The van der Waals surface area contributed by atoms with E-state index in [1.54, 1.807) is 16.7 Å². The molecule has 0 aliphatic carbocycles. The molecule has 2 aromatic carbocycles. The van der Waals surface area contributed by atoms with Crippen LogP contribution < -0.4 is 21.9 Å². The molecule has 172 valence electrons. The van der Waals surface area contributed by atoms with Crippen LogP contribution in [0.1, 0.15) is 29.8 Å². The highest BCUT2D eigenvalue weighted by atomic mass is 16.2. The maximum absolute atomic E-state index is 13.7. The van der Waals surface area contributed by atoms with E-state index in [4.69, 9.17) is 5.73 Å². The Morgan fingerprint density at radius 2 is 1.88 bits per heavy atom. The average Bonchev–Trinajstić information content (AvgIpc) is 3.26. The lowest BCUT2D eigenvalue weighted by molar-refractivity contribution is 0.489. The van der Waals surface area contributed by atoms with E-state index in [2.05, 4.69) is 16.0 Å². The van der Waals surface area contributed by atoms with Gasteiger partial charge in [-0.25, -0.2) is 9.78 Å².